The Morgan fingerprint density at radius 3 is 0.500 bits per heavy atom. The van der Waals surface area contributed by atoms with Crippen LogP contribution in [0.25, 0.3) is 0 Å². The third-order valence-electron chi connectivity index (χ3n) is 0. The van der Waals surface area contributed by atoms with Crippen LogP contribution in [0, 0.1) is 0 Å². The average molecular weight is 227 g/mol. The summed E-state index contributed by atoms with van der Waals surface area (Å²) in [6.45, 7) is 0. The van der Waals surface area contributed by atoms with E-state index in [1.165, 1.54) is 0 Å². The maximum Gasteiger partial charge on any atom is 2.00 e. The summed E-state index contributed by atoms with van der Waals surface area (Å²) in [5.74, 6) is 0. The van der Waals surface area contributed by atoms with Crippen molar-refractivity contribution < 1.29 is 30.1 Å². The second kappa shape index (κ2) is 29.2. The van der Waals surface area contributed by atoms with Crippen molar-refractivity contribution in [2.75, 3.05) is 0 Å². The molecule has 0 saturated heterocycles. The number of rotatable bonds is 0. The molecule has 0 atom stereocenters. The molecule has 12 heteroatoms. The summed E-state index contributed by atoms with van der Waals surface area (Å²) in [5, 5.41) is 50.5. The van der Waals surface area contributed by atoms with E-state index >= 15 is 0 Å². The summed E-state index contributed by atoms with van der Waals surface area (Å²) in [7, 11) is -5.83. The van der Waals surface area contributed by atoms with Gasteiger partial charge in [0.2, 0.25) is 0 Å². The van der Waals surface area contributed by atoms with Gasteiger partial charge in [0.1, 0.15) is 0 Å². The number of hydrogen-bond acceptors (Lipinski definition) is 6. The Morgan fingerprint density at radius 1 is 0.500 bits per heavy atom. The van der Waals surface area contributed by atoms with Crippen molar-refractivity contribution in [1.29, 1.82) is 0 Å². The van der Waals surface area contributed by atoms with Crippen LogP contribution in [0.5, 0.6) is 0 Å². The van der Waals surface area contributed by atoms with Crippen LogP contribution in [-0.4, -0.2) is 83.8 Å². The zero-order valence-electron chi connectivity index (χ0n) is 6.13. The van der Waals surface area contributed by atoms with Crippen LogP contribution >= 0.6 is 12.4 Å². The Kier molecular flexibility index (Phi) is 89.0. The van der Waals surface area contributed by atoms with Crippen LogP contribution in [-0.2, 0) is 0 Å². The van der Waals surface area contributed by atoms with Gasteiger partial charge in [-0.25, -0.2) is 0 Å². The van der Waals surface area contributed by atoms with Gasteiger partial charge in [0.25, 0.3) is 0 Å². The largest absolute Gasteiger partial charge is 2.00 e. The molecular formula is HB2ClMg3O6. The predicted octanol–water partition coefficient (Wildman–Crippen LogP) is -8.62. The molecule has 0 aliphatic heterocycles. The topological polar surface area (TPSA) is 138 Å². The van der Waals surface area contributed by atoms with Crippen LogP contribution in [0.4, 0.5) is 0 Å². The zero-order chi connectivity index (χ0) is 7.15. The molecule has 0 aromatic heterocycles. The normalized spacial score (nSPS) is 4.50. The Bertz CT molecular complexity index is 36.3. The van der Waals surface area contributed by atoms with Crippen molar-refractivity contribution in [2.45, 2.75) is 0 Å². The maximum atomic E-state index is 8.42. The van der Waals surface area contributed by atoms with Gasteiger partial charge in [-0.2, -0.15) is 0 Å². The summed E-state index contributed by atoms with van der Waals surface area (Å²) in [5.41, 5.74) is 0. The predicted molar refractivity (Wildman–Crippen MR) is 36.0 cm³/mol. The van der Waals surface area contributed by atoms with E-state index in [1.807, 2.05) is 0 Å². The van der Waals surface area contributed by atoms with Gasteiger partial charge in [-0.15, -0.1) is 12.4 Å². The maximum absolute atomic E-state index is 8.42. The van der Waals surface area contributed by atoms with Crippen molar-refractivity contribution in [2.24, 2.45) is 0 Å². The fourth-order valence-electron chi connectivity index (χ4n) is 0. The van der Waals surface area contributed by atoms with Gasteiger partial charge in [0.15, 0.2) is 0 Å². The smallest absolute Gasteiger partial charge is 0.907 e. The fraction of sp³-hybridized carbons (Fsp3) is 0. The minimum atomic E-state index is -2.92. The van der Waals surface area contributed by atoms with Crippen molar-refractivity contribution in [3.63, 3.8) is 0 Å². The van der Waals surface area contributed by atoms with Crippen LogP contribution in [0.3, 0.4) is 0 Å². The molecule has 0 saturated carbocycles. The summed E-state index contributed by atoms with van der Waals surface area (Å²) in [6.07, 6.45) is 0. The molecule has 0 bridgehead atoms. The molecule has 0 aromatic rings. The van der Waals surface area contributed by atoms with E-state index in [9.17, 15) is 0 Å². The van der Waals surface area contributed by atoms with Crippen LogP contribution < -0.4 is 30.1 Å². The third kappa shape index (κ3) is 268. The number of halogens is 1. The Balaban J connectivity index is -0.0000000112. The van der Waals surface area contributed by atoms with E-state index in [0.717, 1.165) is 0 Å². The molecule has 0 N–H and O–H groups in total. The van der Waals surface area contributed by atoms with E-state index < -0.39 is 14.6 Å². The molecule has 0 unspecified atom stereocenters. The van der Waals surface area contributed by atoms with E-state index in [-0.39, 0.29) is 81.6 Å². The van der Waals surface area contributed by atoms with Gasteiger partial charge >= 0.3 is 69.2 Å². The molecule has 6 nitrogen and oxygen atoms in total. The quantitative estimate of drug-likeness (QED) is 0.376. The minimum absolute atomic E-state index is 0. The number of hydrogen-bond donors (Lipinski definition) is 0. The molecular weight excluding hydrogens is 226 g/mol. The van der Waals surface area contributed by atoms with Crippen molar-refractivity contribution >= 4 is 96.2 Å². The Hall–Kier alpha value is 2.48. The monoisotopic (exact) mass is 226 g/mol. The van der Waals surface area contributed by atoms with Crippen molar-refractivity contribution in [3.8, 4) is 0 Å². The average Bonchev–Trinajstić information content (AvgIpc) is 1.25. The Labute approximate surface area is 125 Å². The molecule has 0 aromatic carbocycles. The molecule has 0 radical (unpaired) electrons. The summed E-state index contributed by atoms with van der Waals surface area (Å²) >= 11 is 0. The summed E-state index contributed by atoms with van der Waals surface area (Å²) in [4.78, 5) is 0. The standard InChI is InChI=1S/2BO3.ClH.3Mg/c2*2-1(3)4;;;;/h;;1H;;;/q2*-3;;3*+2. The van der Waals surface area contributed by atoms with Gasteiger partial charge < -0.3 is 30.1 Å². The van der Waals surface area contributed by atoms with Crippen LogP contribution in [0.2, 0.25) is 0 Å². The van der Waals surface area contributed by atoms with Crippen molar-refractivity contribution in [3.05, 3.63) is 0 Å². The van der Waals surface area contributed by atoms with Crippen LogP contribution in [0.15, 0.2) is 0 Å². The molecule has 56 valence electrons. The zero-order valence-corrected chi connectivity index (χ0v) is 11.2. The molecule has 12 heavy (non-hydrogen) atoms. The first-order valence-electron chi connectivity index (χ1n) is 1.41. The van der Waals surface area contributed by atoms with E-state index in [2.05, 4.69) is 0 Å². The molecule has 0 spiro atoms. The van der Waals surface area contributed by atoms with Gasteiger partial charge in [-0.1, -0.05) is 0 Å². The minimum Gasteiger partial charge on any atom is -0.907 e. The van der Waals surface area contributed by atoms with Gasteiger partial charge in [0, 0.05) is 0 Å². The van der Waals surface area contributed by atoms with Gasteiger partial charge in [-0.05, 0) is 0 Å². The Morgan fingerprint density at radius 2 is 0.500 bits per heavy atom. The van der Waals surface area contributed by atoms with Gasteiger partial charge in [0.05, 0.1) is 0 Å². The molecule has 0 aliphatic carbocycles. The molecule has 0 aliphatic rings. The van der Waals surface area contributed by atoms with E-state index in [1.54, 1.807) is 0 Å². The molecule has 0 heterocycles. The third-order valence-corrected chi connectivity index (χ3v) is 0. The molecule has 0 rings (SSSR count). The summed E-state index contributed by atoms with van der Waals surface area (Å²) < 4.78 is 0. The van der Waals surface area contributed by atoms with Crippen LogP contribution in [0.1, 0.15) is 0 Å². The molecule has 0 amide bonds. The summed E-state index contributed by atoms with van der Waals surface area (Å²) in [6, 6.07) is 0. The first-order chi connectivity index (χ1) is 3.46. The van der Waals surface area contributed by atoms with E-state index in [4.69, 9.17) is 30.1 Å². The first kappa shape index (κ1) is 36.6. The van der Waals surface area contributed by atoms with Crippen molar-refractivity contribution in [1.82, 2.24) is 0 Å². The SMILES string of the molecule is Cl.[Mg+2].[Mg+2].[Mg+2].[O-]B([O-])[O-].[O-]B([O-])[O-]. The first-order valence-corrected chi connectivity index (χ1v) is 1.41. The van der Waals surface area contributed by atoms with E-state index in [0.29, 0.717) is 0 Å². The second-order valence-electron chi connectivity index (χ2n) is 0.577. The second-order valence-corrected chi connectivity index (χ2v) is 0.577. The fourth-order valence-corrected chi connectivity index (χ4v) is 0. The van der Waals surface area contributed by atoms with Gasteiger partial charge in [-0.3, -0.25) is 14.6 Å². The molecule has 0 fully saturated rings.